The summed E-state index contributed by atoms with van der Waals surface area (Å²) in [4.78, 5) is 50.5. The van der Waals surface area contributed by atoms with E-state index >= 15 is 0 Å². The van der Waals surface area contributed by atoms with Crippen LogP contribution in [0.15, 0.2) is 42.5 Å². The average Bonchev–Trinajstić information content (AvgIpc) is 3.02. The van der Waals surface area contributed by atoms with Gasteiger partial charge >= 0.3 is 5.97 Å². The molecule has 0 saturated heterocycles. The second-order valence-electron chi connectivity index (χ2n) is 7.88. The highest BCUT2D eigenvalue weighted by molar-refractivity contribution is 6.34. The van der Waals surface area contributed by atoms with Gasteiger partial charge in [0.05, 0.1) is 22.7 Å². The van der Waals surface area contributed by atoms with Crippen LogP contribution in [0.4, 0.5) is 10.1 Å². The first-order valence-corrected chi connectivity index (χ1v) is 10.2. The number of nitrogens with zero attached hydrogens (tertiary/aromatic N) is 1. The van der Waals surface area contributed by atoms with Crippen LogP contribution in [0.25, 0.3) is 0 Å². The van der Waals surface area contributed by atoms with E-state index in [4.69, 9.17) is 0 Å². The molecule has 1 aliphatic heterocycles. The number of carbonyl (C=O) groups excluding carboxylic acids is 3. The number of hydrogen-bond donors (Lipinski definition) is 2. The molecule has 3 amide bonds. The summed E-state index contributed by atoms with van der Waals surface area (Å²) < 4.78 is 13.2. The van der Waals surface area contributed by atoms with Crippen molar-refractivity contribution < 1.29 is 28.7 Å². The van der Waals surface area contributed by atoms with E-state index in [0.29, 0.717) is 6.42 Å². The van der Waals surface area contributed by atoms with Crippen LogP contribution in [0.2, 0.25) is 0 Å². The molecule has 0 radical (unpaired) electrons. The van der Waals surface area contributed by atoms with E-state index in [1.165, 1.54) is 30.3 Å². The molecule has 1 saturated carbocycles. The maximum atomic E-state index is 13.2. The zero-order valence-corrected chi connectivity index (χ0v) is 16.6. The summed E-state index contributed by atoms with van der Waals surface area (Å²) in [6.07, 6.45) is 3.14. The minimum Gasteiger partial charge on any atom is -0.481 e. The Morgan fingerprint density at radius 3 is 2.39 bits per heavy atom. The number of anilines is 1. The number of amides is 3. The molecule has 1 fully saturated rings. The number of imide groups is 1. The molecule has 4 rings (SSSR count). The number of carboxylic acids is 1. The lowest BCUT2D eigenvalue weighted by molar-refractivity contribution is -0.144. The van der Waals surface area contributed by atoms with Crippen LogP contribution in [-0.4, -0.2) is 35.3 Å². The zero-order chi connectivity index (χ0) is 22.1. The Kier molecular flexibility index (Phi) is 5.54. The van der Waals surface area contributed by atoms with Gasteiger partial charge in [-0.15, -0.1) is 0 Å². The predicted octanol–water partition coefficient (Wildman–Crippen LogP) is 3.25. The van der Waals surface area contributed by atoms with Crippen molar-refractivity contribution in [2.45, 2.75) is 25.7 Å². The Morgan fingerprint density at radius 2 is 1.68 bits per heavy atom. The fourth-order valence-electron chi connectivity index (χ4n) is 4.31. The molecule has 2 N–H and O–H groups in total. The molecule has 1 aliphatic carbocycles. The summed E-state index contributed by atoms with van der Waals surface area (Å²) in [5.74, 6) is -3.49. The minimum absolute atomic E-state index is 0.100. The maximum absolute atomic E-state index is 13.2. The maximum Gasteiger partial charge on any atom is 0.306 e. The SMILES string of the molecule is O=C(NC[C@@H]1CCCC[C@@H]1C(=O)O)c1ccc2c(c1)C(=O)N(c1ccc(F)cc1)C2=O. The number of fused-ring (bicyclic) bond motifs is 1. The normalized spacial score (nSPS) is 20.5. The summed E-state index contributed by atoms with van der Waals surface area (Å²) >= 11 is 0. The first kappa shape index (κ1) is 20.7. The number of nitrogens with one attached hydrogen (secondary N) is 1. The summed E-state index contributed by atoms with van der Waals surface area (Å²) in [6, 6.07) is 9.25. The second kappa shape index (κ2) is 8.29. The van der Waals surface area contributed by atoms with Crippen molar-refractivity contribution in [1.82, 2.24) is 5.32 Å². The number of carboxylic acid groups (broad SMARTS) is 1. The summed E-state index contributed by atoms with van der Waals surface area (Å²) in [7, 11) is 0. The van der Waals surface area contributed by atoms with Crippen LogP contribution in [-0.2, 0) is 4.79 Å². The van der Waals surface area contributed by atoms with Gasteiger partial charge < -0.3 is 10.4 Å². The lowest BCUT2D eigenvalue weighted by atomic mass is 9.79. The summed E-state index contributed by atoms with van der Waals surface area (Å²) in [5, 5.41) is 12.1. The highest BCUT2D eigenvalue weighted by atomic mass is 19.1. The Balaban J connectivity index is 1.50. The van der Waals surface area contributed by atoms with Gasteiger partial charge in [0.2, 0.25) is 0 Å². The average molecular weight is 424 g/mol. The fourth-order valence-corrected chi connectivity index (χ4v) is 4.31. The van der Waals surface area contributed by atoms with Gasteiger partial charge in [0.15, 0.2) is 0 Å². The molecule has 7 nitrogen and oxygen atoms in total. The van der Waals surface area contributed by atoms with E-state index < -0.39 is 35.4 Å². The lowest BCUT2D eigenvalue weighted by Gasteiger charge is -2.28. The highest BCUT2D eigenvalue weighted by Crippen LogP contribution is 2.31. The molecule has 160 valence electrons. The monoisotopic (exact) mass is 424 g/mol. The van der Waals surface area contributed by atoms with Crippen molar-refractivity contribution in [2.75, 3.05) is 11.4 Å². The van der Waals surface area contributed by atoms with Crippen LogP contribution in [0.5, 0.6) is 0 Å². The standard InChI is InChI=1S/C23H21FN2O5/c24-15-6-8-16(9-7-15)26-21(28)18-10-5-13(11-19(18)22(26)29)20(27)25-12-14-3-1-2-4-17(14)23(30)31/h5-11,14,17H,1-4,12H2,(H,25,27)(H,30,31)/t14-,17-/m0/s1. The van der Waals surface area contributed by atoms with Gasteiger partial charge in [-0.25, -0.2) is 9.29 Å². The molecule has 31 heavy (non-hydrogen) atoms. The first-order valence-electron chi connectivity index (χ1n) is 10.2. The number of rotatable bonds is 5. The van der Waals surface area contributed by atoms with Gasteiger partial charge in [0, 0.05) is 12.1 Å². The zero-order valence-electron chi connectivity index (χ0n) is 16.6. The van der Waals surface area contributed by atoms with Gasteiger partial charge in [-0.05, 0) is 61.2 Å². The van der Waals surface area contributed by atoms with E-state index in [0.717, 1.165) is 36.3 Å². The van der Waals surface area contributed by atoms with Gasteiger partial charge in [-0.1, -0.05) is 12.8 Å². The van der Waals surface area contributed by atoms with Crippen molar-refractivity contribution in [3.05, 3.63) is 65.0 Å². The number of benzene rings is 2. The van der Waals surface area contributed by atoms with E-state index in [1.54, 1.807) is 0 Å². The van der Waals surface area contributed by atoms with Crippen LogP contribution < -0.4 is 10.2 Å². The Bertz CT molecular complexity index is 1070. The predicted molar refractivity (Wildman–Crippen MR) is 109 cm³/mol. The fraction of sp³-hybridized carbons (Fsp3) is 0.304. The number of halogens is 1. The third-order valence-electron chi connectivity index (χ3n) is 5.98. The van der Waals surface area contributed by atoms with Crippen LogP contribution in [0.1, 0.15) is 56.8 Å². The highest BCUT2D eigenvalue weighted by Gasteiger charge is 2.37. The number of aliphatic carboxylic acids is 1. The number of hydrogen-bond acceptors (Lipinski definition) is 4. The van der Waals surface area contributed by atoms with Crippen LogP contribution >= 0.6 is 0 Å². The first-order chi connectivity index (χ1) is 14.9. The molecule has 0 spiro atoms. The van der Waals surface area contributed by atoms with Crippen molar-refractivity contribution in [1.29, 1.82) is 0 Å². The molecule has 2 aliphatic rings. The molecule has 2 atom stereocenters. The van der Waals surface area contributed by atoms with Gasteiger partial charge in [0.1, 0.15) is 5.82 Å². The Hall–Kier alpha value is -3.55. The lowest BCUT2D eigenvalue weighted by Crippen LogP contribution is -2.37. The second-order valence-corrected chi connectivity index (χ2v) is 7.88. The molecular formula is C23H21FN2O5. The Morgan fingerprint density at radius 1 is 1.00 bits per heavy atom. The third-order valence-corrected chi connectivity index (χ3v) is 5.98. The van der Waals surface area contributed by atoms with E-state index in [-0.39, 0.29) is 34.8 Å². The van der Waals surface area contributed by atoms with Crippen molar-refractivity contribution in [2.24, 2.45) is 11.8 Å². The van der Waals surface area contributed by atoms with E-state index in [1.807, 2.05) is 0 Å². The molecule has 1 heterocycles. The van der Waals surface area contributed by atoms with Gasteiger partial charge in [0.25, 0.3) is 17.7 Å². The van der Waals surface area contributed by atoms with E-state index in [2.05, 4.69) is 5.32 Å². The Labute approximate surface area is 177 Å². The third kappa shape index (κ3) is 3.93. The smallest absolute Gasteiger partial charge is 0.306 e. The number of carbonyl (C=O) groups is 4. The molecule has 8 heteroatoms. The molecule has 0 bridgehead atoms. The van der Waals surface area contributed by atoms with Gasteiger partial charge in [-0.3, -0.25) is 19.2 Å². The molecule has 0 unspecified atom stereocenters. The molecule has 2 aromatic carbocycles. The summed E-state index contributed by atoms with van der Waals surface area (Å²) in [6.45, 7) is 0.238. The molecular weight excluding hydrogens is 403 g/mol. The molecule has 0 aromatic heterocycles. The topological polar surface area (TPSA) is 104 Å². The summed E-state index contributed by atoms with van der Waals surface area (Å²) in [5.41, 5.74) is 0.728. The van der Waals surface area contributed by atoms with Crippen molar-refractivity contribution in [3.8, 4) is 0 Å². The minimum atomic E-state index is -0.846. The largest absolute Gasteiger partial charge is 0.481 e. The molecule has 2 aromatic rings. The van der Waals surface area contributed by atoms with Crippen LogP contribution in [0, 0.1) is 17.7 Å². The van der Waals surface area contributed by atoms with Crippen LogP contribution in [0.3, 0.4) is 0 Å². The van der Waals surface area contributed by atoms with Crippen molar-refractivity contribution >= 4 is 29.4 Å². The van der Waals surface area contributed by atoms with Gasteiger partial charge in [-0.2, -0.15) is 0 Å². The van der Waals surface area contributed by atoms with Crippen molar-refractivity contribution in [3.63, 3.8) is 0 Å². The quantitative estimate of drug-likeness (QED) is 0.717. The van der Waals surface area contributed by atoms with E-state index in [9.17, 15) is 28.7 Å².